The first-order valence-corrected chi connectivity index (χ1v) is 12.3. The number of hydrogen-bond acceptors (Lipinski definition) is 5. The predicted molar refractivity (Wildman–Crippen MR) is 135 cm³/mol. The number of aliphatic hydroxyl groups excluding tert-OH is 1. The zero-order valence-corrected chi connectivity index (χ0v) is 21.4. The molecule has 1 aliphatic heterocycles. The number of pyridine rings is 1. The van der Waals surface area contributed by atoms with Crippen LogP contribution in [0.5, 0.6) is 0 Å². The standard InChI is InChI=1S/C26H22ClF6N5O/c1-12-11-37(24-18(27)5-15(10-34-24)13(2)39)3-4-38(12)25-35-21-9-16(26(31,32)33)8-17(23(21)36-25)14-6-19(28)22(30)20(29)7-14/h5-10,12-13,39H,3-4,11H2,1-2H3,(H,35,36)/t12-,13?/m1/s1. The van der Waals surface area contributed by atoms with Gasteiger partial charge in [0.1, 0.15) is 5.82 Å². The van der Waals surface area contributed by atoms with Gasteiger partial charge in [0.25, 0.3) is 0 Å². The topological polar surface area (TPSA) is 68.3 Å². The summed E-state index contributed by atoms with van der Waals surface area (Å²) in [6, 6.07) is 4.35. The highest BCUT2D eigenvalue weighted by atomic mass is 35.5. The van der Waals surface area contributed by atoms with E-state index >= 15 is 0 Å². The van der Waals surface area contributed by atoms with E-state index in [1.54, 1.807) is 19.2 Å². The first-order chi connectivity index (χ1) is 18.3. The molecule has 2 atom stereocenters. The maximum absolute atomic E-state index is 14.0. The Kier molecular flexibility index (Phi) is 6.88. The first-order valence-electron chi connectivity index (χ1n) is 11.9. The van der Waals surface area contributed by atoms with Gasteiger partial charge in [0.2, 0.25) is 5.95 Å². The molecule has 0 radical (unpaired) electrons. The van der Waals surface area contributed by atoms with Gasteiger partial charge < -0.3 is 19.9 Å². The van der Waals surface area contributed by atoms with Crippen molar-refractivity contribution in [2.75, 3.05) is 29.4 Å². The maximum Gasteiger partial charge on any atom is 0.416 e. The van der Waals surface area contributed by atoms with Gasteiger partial charge in [-0.15, -0.1) is 0 Å². The molecule has 0 spiro atoms. The van der Waals surface area contributed by atoms with Crippen LogP contribution in [0.2, 0.25) is 5.02 Å². The van der Waals surface area contributed by atoms with Crippen LogP contribution < -0.4 is 9.80 Å². The Hall–Kier alpha value is -3.51. The van der Waals surface area contributed by atoms with Gasteiger partial charge >= 0.3 is 6.18 Å². The molecule has 1 unspecified atom stereocenters. The van der Waals surface area contributed by atoms with E-state index in [4.69, 9.17) is 11.6 Å². The second-order valence-electron chi connectivity index (χ2n) is 9.47. The first kappa shape index (κ1) is 27.1. The molecule has 0 aliphatic carbocycles. The van der Waals surface area contributed by atoms with Crippen molar-refractivity contribution < 1.29 is 31.4 Å². The third-order valence-corrected chi connectivity index (χ3v) is 7.00. The summed E-state index contributed by atoms with van der Waals surface area (Å²) >= 11 is 6.40. The Labute approximate surface area is 223 Å². The van der Waals surface area contributed by atoms with Crippen molar-refractivity contribution in [1.29, 1.82) is 0 Å². The van der Waals surface area contributed by atoms with Gasteiger partial charge in [-0.2, -0.15) is 13.2 Å². The van der Waals surface area contributed by atoms with E-state index in [1.165, 1.54) is 0 Å². The van der Waals surface area contributed by atoms with E-state index in [9.17, 15) is 31.4 Å². The fourth-order valence-corrected chi connectivity index (χ4v) is 5.00. The van der Waals surface area contributed by atoms with E-state index in [-0.39, 0.29) is 34.2 Å². The van der Waals surface area contributed by atoms with Gasteiger partial charge in [-0.1, -0.05) is 11.6 Å². The lowest BCUT2D eigenvalue weighted by Crippen LogP contribution is -2.52. The lowest BCUT2D eigenvalue weighted by atomic mass is 10.0. The molecule has 13 heteroatoms. The van der Waals surface area contributed by atoms with Crippen LogP contribution in [-0.4, -0.2) is 45.7 Å². The number of aromatic nitrogens is 3. The lowest BCUT2D eigenvalue weighted by molar-refractivity contribution is -0.137. The van der Waals surface area contributed by atoms with Crippen LogP contribution in [0.4, 0.5) is 38.1 Å². The minimum Gasteiger partial charge on any atom is -0.389 e. The van der Waals surface area contributed by atoms with Gasteiger partial charge in [-0.05, 0) is 49.7 Å². The summed E-state index contributed by atoms with van der Waals surface area (Å²) in [6.45, 7) is 4.81. The molecule has 2 aromatic carbocycles. The van der Waals surface area contributed by atoms with E-state index in [1.807, 2.05) is 16.7 Å². The molecule has 2 aromatic heterocycles. The molecule has 3 heterocycles. The number of nitrogens with one attached hydrogen (secondary N) is 1. The van der Waals surface area contributed by atoms with Crippen molar-refractivity contribution >= 4 is 34.4 Å². The highest BCUT2D eigenvalue weighted by Gasteiger charge is 2.33. The number of H-pyrrole nitrogens is 1. The van der Waals surface area contributed by atoms with E-state index in [0.29, 0.717) is 48.2 Å². The Morgan fingerprint density at radius 2 is 1.77 bits per heavy atom. The van der Waals surface area contributed by atoms with E-state index in [0.717, 1.165) is 12.1 Å². The summed E-state index contributed by atoms with van der Waals surface area (Å²) in [6.07, 6.45) is -3.93. The number of aliphatic hydroxyl groups is 1. The predicted octanol–water partition coefficient (Wildman–Crippen LogP) is 6.48. The molecule has 1 fully saturated rings. The molecule has 39 heavy (non-hydrogen) atoms. The largest absolute Gasteiger partial charge is 0.416 e. The zero-order valence-electron chi connectivity index (χ0n) is 20.6. The number of aromatic amines is 1. The average molecular weight is 570 g/mol. The maximum atomic E-state index is 14.0. The molecule has 4 aromatic rings. The Bertz CT molecular complexity index is 1530. The van der Waals surface area contributed by atoms with E-state index < -0.39 is 35.3 Å². The summed E-state index contributed by atoms with van der Waals surface area (Å²) < 4.78 is 82.5. The van der Waals surface area contributed by atoms with Gasteiger partial charge in [-0.25, -0.2) is 23.1 Å². The molecule has 0 bridgehead atoms. The number of nitrogens with zero attached hydrogens (tertiary/aromatic N) is 4. The highest BCUT2D eigenvalue weighted by Crippen LogP contribution is 2.38. The smallest absolute Gasteiger partial charge is 0.389 e. The Balaban J connectivity index is 1.50. The van der Waals surface area contributed by atoms with Gasteiger partial charge in [0.05, 0.1) is 27.7 Å². The van der Waals surface area contributed by atoms with Crippen molar-refractivity contribution in [3.8, 4) is 11.1 Å². The SMILES string of the molecule is CC(O)c1cnc(N2CCN(c3nc4c(-c5cc(F)c(F)c(F)c5)cc(C(F)(F)F)cc4[nH]3)[C@H](C)C2)c(Cl)c1. The average Bonchev–Trinajstić information content (AvgIpc) is 3.29. The number of alkyl halides is 3. The third kappa shape index (κ3) is 5.10. The molecule has 0 saturated carbocycles. The molecule has 5 rings (SSSR count). The van der Waals surface area contributed by atoms with Gasteiger partial charge in [0.15, 0.2) is 17.5 Å². The number of piperazine rings is 1. The minimum absolute atomic E-state index is 0.00743. The van der Waals surface area contributed by atoms with Crippen LogP contribution in [0, 0.1) is 17.5 Å². The van der Waals surface area contributed by atoms with Gasteiger partial charge in [0, 0.05) is 43.0 Å². The number of rotatable bonds is 4. The fourth-order valence-electron chi connectivity index (χ4n) is 4.71. The third-order valence-electron chi connectivity index (χ3n) is 6.72. The monoisotopic (exact) mass is 569 g/mol. The molecule has 1 aliphatic rings. The fraction of sp³-hybridized carbons (Fsp3) is 0.308. The van der Waals surface area contributed by atoms with Crippen LogP contribution >= 0.6 is 11.6 Å². The number of hydrogen-bond donors (Lipinski definition) is 2. The van der Waals surface area contributed by atoms with Crippen molar-refractivity contribution in [1.82, 2.24) is 15.0 Å². The normalized spacial score (nSPS) is 17.2. The van der Waals surface area contributed by atoms with Crippen LogP contribution in [0.3, 0.4) is 0 Å². The number of anilines is 2. The number of halogens is 7. The second kappa shape index (κ2) is 9.91. The van der Waals surface area contributed by atoms with Crippen molar-refractivity contribution in [2.45, 2.75) is 32.2 Å². The van der Waals surface area contributed by atoms with Crippen molar-refractivity contribution in [3.63, 3.8) is 0 Å². The highest BCUT2D eigenvalue weighted by molar-refractivity contribution is 6.33. The summed E-state index contributed by atoms with van der Waals surface area (Å²) in [5.41, 5.74) is -0.887. The number of fused-ring (bicyclic) bond motifs is 1. The molecular weight excluding hydrogens is 548 g/mol. The van der Waals surface area contributed by atoms with Crippen LogP contribution in [0.1, 0.15) is 31.1 Å². The van der Waals surface area contributed by atoms with Crippen LogP contribution in [0.25, 0.3) is 22.2 Å². The molecule has 1 saturated heterocycles. The molecular formula is C26H22ClF6N5O. The summed E-state index contributed by atoms with van der Waals surface area (Å²) in [5, 5.41) is 10.1. The van der Waals surface area contributed by atoms with Crippen molar-refractivity contribution in [2.24, 2.45) is 0 Å². The summed E-state index contributed by atoms with van der Waals surface area (Å²) in [4.78, 5) is 15.6. The molecule has 6 nitrogen and oxygen atoms in total. The van der Waals surface area contributed by atoms with Gasteiger partial charge in [-0.3, -0.25) is 0 Å². The molecule has 206 valence electrons. The second-order valence-corrected chi connectivity index (χ2v) is 9.88. The molecule has 2 N–H and O–H groups in total. The number of imidazole rings is 1. The van der Waals surface area contributed by atoms with Crippen molar-refractivity contribution in [3.05, 3.63) is 70.1 Å². The van der Waals surface area contributed by atoms with E-state index in [2.05, 4.69) is 15.0 Å². The summed E-state index contributed by atoms with van der Waals surface area (Å²) in [7, 11) is 0. The number of benzene rings is 2. The zero-order chi connectivity index (χ0) is 28.2. The minimum atomic E-state index is -4.75. The van der Waals surface area contributed by atoms with Crippen LogP contribution in [-0.2, 0) is 6.18 Å². The lowest BCUT2D eigenvalue weighted by Gasteiger charge is -2.40. The summed E-state index contributed by atoms with van der Waals surface area (Å²) in [5.74, 6) is -3.96. The van der Waals surface area contributed by atoms with Crippen LogP contribution in [0.15, 0.2) is 36.5 Å². The Morgan fingerprint density at radius 1 is 1.08 bits per heavy atom. The Morgan fingerprint density at radius 3 is 2.36 bits per heavy atom. The quantitative estimate of drug-likeness (QED) is 0.217. The molecule has 0 amide bonds.